The predicted molar refractivity (Wildman–Crippen MR) is 72.0 cm³/mol. The van der Waals surface area contributed by atoms with E-state index in [-0.39, 0.29) is 10.6 Å². The standard InChI is InChI=1S/C13H19N3O2/c1-10-8-11(5-6-13(10)16(17)18)14-12-4-3-7-15(2)9-12/h5-6,8,12,14H,3-4,7,9H2,1-2H3. The monoisotopic (exact) mass is 249 g/mol. The van der Waals surface area contributed by atoms with Crippen LogP contribution < -0.4 is 5.32 Å². The van der Waals surface area contributed by atoms with Crippen LogP contribution in [0.15, 0.2) is 18.2 Å². The van der Waals surface area contributed by atoms with Gasteiger partial charge in [-0.05, 0) is 45.5 Å². The average molecular weight is 249 g/mol. The molecule has 1 aliphatic rings. The fourth-order valence-electron chi connectivity index (χ4n) is 2.47. The van der Waals surface area contributed by atoms with Crippen LogP contribution in [0.1, 0.15) is 18.4 Å². The second-order valence-corrected chi connectivity index (χ2v) is 5.00. The molecule has 5 nitrogen and oxygen atoms in total. The van der Waals surface area contributed by atoms with E-state index in [9.17, 15) is 10.1 Å². The van der Waals surface area contributed by atoms with Crippen molar-refractivity contribution in [2.75, 3.05) is 25.5 Å². The van der Waals surface area contributed by atoms with Gasteiger partial charge in [0.2, 0.25) is 0 Å². The molecule has 1 aromatic carbocycles. The zero-order valence-corrected chi connectivity index (χ0v) is 10.8. The third-order valence-corrected chi connectivity index (χ3v) is 3.39. The van der Waals surface area contributed by atoms with E-state index < -0.39 is 0 Å². The minimum Gasteiger partial charge on any atom is -0.381 e. The maximum absolute atomic E-state index is 10.7. The first kappa shape index (κ1) is 12.8. The third kappa shape index (κ3) is 2.98. The maximum Gasteiger partial charge on any atom is 0.272 e. The number of piperidine rings is 1. The molecule has 1 heterocycles. The Labute approximate surface area is 107 Å². The molecule has 0 aromatic heterocycles. The molecule has 0 amide bonds. The van der Waals surface area contributed by atoms with Crippen LogP contribution in [-0.2, 0) is 0 Å². The summed E-state index contributed by atoms with van der Waals surface area (Å²) in [5.74, 6) is 0. The lowest BCUT2D eigenvalue weighted by molar-refractivity contribution is -0.385. The first-order valence-electron chi connectivity index (χ1n) is 6.26. The van der Waals surface area contributed by atoms with E-state index >= 15 is 0 Å². The van der Waals surface area contributed by atoms with Crippen molar-refractivity contribution in [1.29, 1.82) is 0 Å². The van der Waals surface area contributed by atoms with Crippen molar-refractivity contribution in [2.24, 2.45) is 0 Å². The number of nitro benzene ring substituents is 1. The number of hydrogen-bond acceptors (Lipinski definition) is 4. The average Bonchev–Trinajstić information content (AvgIpc) is 2.28. The maximum atomic E-state index is 10.7. The van der Waals surface area contributed by atoms with E-state index in [1.807, 2.05) is 6.07 Å². The Morgan fingerprint density at radius 1 is 1.50 bits per heavy atom. The van der Waals surface area contributed by atoms with Crippen LogP contribution in [0.3, 0.4) is 0 Å². The van der Waals surface area contributed by atoms with Gasteiger partial charge in [0, 0.05) is 29.9 Å². The fraction of sp³-hybridized carbons (Fsp3) is 0.538. The van der Waals surface area contributed by atoms with Crippen molar-refractivity contribution in [3.63, 3.8) is 0 Å². The van der Waals surface area contributed by atoms with Crippen molar-refractivity contribution in [3.8, 4) is 0 Å². The summed E-state index contributed by atoms with van der Waals surface area (Å²) < 4.78 is 0. The molecule has 1 aliphatic heterocycles. The molecule has 1 saturated heterocycles. The van der Waals surface area contributed by atoms with Gasteiger partial charge in [-0.1, -0.05) is 0 Å². The molecular weight excluding hydrogens is 230 g/mol. The van der Waals surface area contributed by atoms with Crippen LogP contribution in [0, 0.1) is 17.0 Å². The molecule has 1 fully saturated rings. The molecule has 0 bridgehead atoms. The summed E-state index contributed by atoms with van der Waals surface area (Å²) in [6.07, 6.45) is 2.35. The van der Waals surface area contributed by atoms with Crippen LogP contribution in [0.5, 0.6) is 0 Å². The van der Waals surface area contributed by atoms with E-state index in [1.54, 1.807) is 19.1 Å². The number of nitrogens with zero attached hydrogens (tertiary/aromatic N) is 2. The lowest BCUT2D eigenvalue weighted by atomic mass is 10.1. The van der Waals surface area contributed by atoms with Gasteiger partial charge in [0.15, 0.2) is 0 Å². The number of likely N-dealkylation sites (N-methyl/N-ethyl adjacent to an activating group) is 1. The van der Waals surface area contributed by atoms with Gasteiger partial charge < -0.3 is 10.2 Å². The molecule has 18 heavy (non-hydrogen) atoms. The van der Waals surface area contributed by atoms with Crippen molar-refractivity contribution >= 4 is 11.4 Å². The fourth-order valence-corrected chi connectivity index (χ4v) is 2.47. The first-order chi connectivity index (χ1) is 8.56. The minimum atomic E-state index is -0.340. The summed E-state index contributed by atoms with van der Waals surface area (Å²) in [7, 11) is 2.12. The summed E-state index contributed by atoms with van der Waals surface area (Å²) in [6, 6.07) is 5.65. The summed E-state index contributed by atoms with van der Waals surface area (Å²) in [4.78, 5) is 12.7. The first-order valence-corrected chi connectivity index (χ1v) is 6.26. The zero-order chi connectivity index (χ0) is 13.1. The Bertz CT molecular complexity index is 448. The van der Waals surface area contributed by atoms with E-state index in [2.05, 4.69) is 17.3 Å². The van der Waals surface area contributed by atoms with Crippen molar-refractivity contribution in [1.82, 2.24) is 4.90 Å². The summed E-state index contributed by atoms with van der Waals surface area (Å²) in [6.45, 7) is 3.95. The number of aryl methyl sites for hydroxylation is 1. The highest BCUT2D eigenvalue weighted by atomic mass is 16.6. The lowest BCUT2D eigenvalue weighted by Crippen LogP contribution is -2.39. The van der Waals surface area contributed by atoms with Crippen LogP contribution in [-0.4, -0.2) is 36.0 Å². The molecule has 0 radical (unpaired) electrons. The van der Waals surface area contributed by atoms with Gasteiger partial charge in [0.05, 0.1) is 4.92 Å². The van der Waals surface area contributed by atoms with Gasteiger partial charge >= 0.3 is 0 Å². The second kappa shape index (κ2) is 5.35. The van der Waals surface area contributed by atoms with E-state index in [1.165, 1.54) is 6.42 Å². The van der Waals surface area contributed by atoms with Crippen LogP contribution in [0.25, 0.3) is 0 Å². The number of anilines is 1. The highest BCUT2D eigenvalue weighted by Gasteiger charge is 2.17. The van der Waals surface area contributed by atoms with Crippen LogP contribution >= 0.6 is 0 Å². The minimum absolute atomic E-state index is 0.182. The molecule has 1 N–H and O–H groups in total. The largest absolute Gasteiger partial charge is 0.381 e. The quantitative estimate of drug-likeness (QED) is 0.660. The smallest absolute Gasteiger partial charge is 0.272 e. The molecule has 0 saturated carbocycles. The second-order valence-electron chi connectivity index (χ2n) is 5.00. The number of hydrogen-bond donors (Lipinski definition) is 1. The SMILES string of the molecule is Cc1cc(NC2CCCN(C)C2)ccc1[N+](=O)[O-]. The number of nitrogens with one attached hydrogen (secondary N) is 1. The lowest BCUT2D eigenvalue weighted by Gasteiger charge is -2.30. The molecule has 1 atom stereocenters. The Morgan fingerprint density at radius 2 is 2.28 bits per heavy atom. The molecule has 5 heteroatoms. The Hall–Kier alpha value is -1.62. The Balaban J connectivity index is 2.05. The molecule has 1 aromatic rings. The molecule has 0 spiro atoms. The van der Waals surface area contributed by atoms with Gasteiger partial charge in [-0.2, -0.15) is 0 Å². The number of nitro groups is 1. The van der Waals surface area contributed by atoms with Crippen molar-refractivity contribution in [3.05, 3.63) is 33.9 Å². The molecular formula is C13H19N3O2. The van der Waals surface area contributed by atoms with E-state index in [4.69, 9.17) is 0 Å². The Kier molecular flexibility index (Phi) is 3.81. The molecule has 2 rings (SSSR count). The van der Waals surface area contributed by atoms with Gasteiger partial charge in [0.1, 0.15) is 0 Å². The molecule has 0 aliphatic carbocycles. The van der Waals surface area contributed by atoms with Gasteiger partial charge in [-0.15, -0.1) is 0 Å². The topological polar surface area (TPSA) is 58.4 Å². The summed E-state index contributed by atoms with van der Waals surface area (Å²) >= 11 is 0. The van der Waals surface area contributed by atoms with Crippen molar-refractivity contribution < 1.29 is 4.92 Å². The highest BCUT2D eigenvalue weighted by Crippen LogP contribution is 2.23. The van der Waals surface area contributed by atoms with Crippen LogP contribution in [0.4, 0.5) is 11.4 Å². The highest BCUT2D eigenvalue weighted by molar-refractivity contribution is 5.54. The normalized spacial score (nSPS) is 20.7. The molecule has 1 unspecified atom stereocenters. The Morgan fingerprint density at radius 3 is 2.89 bits per heavy atom. The van der Waals surface area contributed by atoms with Crippen molar-refractivity contribution in [2.45, 2.75) is 25.8 Å². The molecule has 98 valence electrons. The number of likely N-dealkylation sites (tertiary alicyclic amines) is 1. The third-order valence-electron chi connectivity index (χ3n) is 3.39. The number of benzene rings is 1. The van der Waals surface area contributed by atoms with E-state index in [0.29, 0.717) is 11.6 Å². The van der Waals surface area contributed by atoms with Gasteiger partial charge in [-0.3, -0.25) is 10.1 Å². The van der Waals surface area contributed by atoms with Gasteiger partial charge in [0.25, 0.3) is 5.69 Å². The van der Waals surface area contributed by atoms with Crippen LogP contribution in [0.2, 0.25) is 0 Å². The summed E-state index contributed by atoms with van der Waals surface area (Å²) in [5.41, 5.74) is 1.86. The predicted octanol–water partition coefficient (Wildman–Crippen LogP) is 2.41. The number of rotatable bonds is 3. The van der Waals surface area contributed by atoms with Gasteiger partial charge in [-0.25, -0.2) is 0 Å². The summed E-state index contributed by atoms with van der Waals surface area (Å²) in [5, 5.41) is 14.2. The zero-order valence-electron chi connectivity index (χ0n) is 10.8. The van der Waals surface area contributed by atoms with E-state index in [0.717, 1.165) is 25.2 Å².